The molecule has 0 fully saturated rings. The number of alkyl halides is 1. The van der Waals surface area contributed by atoms with Gasteiger partial charge in [-0.3, -0.25) is 4.79 Å². The van der Waals surface area contributed by atoms with E-state index in [1.54, 1.807) is 19.4 Å². The molecule has 0 unspecified atom stereocenters. The second kappa shape index (κ2) is 6.23. The highest BCUT2D eigenvalue weighted by atomic mass is 35.5. The molecule has 1 aliphatic heterocycles. The fraction of sp³-hybridized carbons (Fsp3) is 0.250. The lowest BCUT2D eigenvalue weighted by Gasteiger charge is -2.18. The normalized spacial score (nSPS) is 17.5. The van der Waals surface area contributed by atoms with Crippen LogP contribution in [0.5, 0.6) is 5.75 Å². The number of rotatable bonds is 4. The minimum atomic E-state index is -0.252. The smallest absolute Gasteiger partial charge is 0.258 e. The number of halogens is 1. The van der Waals surface area contributed by atoms with Crippen molar-refractivity contribution in [3.05, 3.63) is 54.0 Å². The standard InChI is InChI=1S/C16H15ClN2O3/c1-21-12-6-4-11(5-7-12)13-9-14(15-3-2-8-22-15)19(18-13)16(20)10-17/h2-8,14H,9-10H2,1H3/t14-/m0/s1. The van der Waals surface area contributed by atoms with E-state index in [0.717, 1.165) is 17.0 Å². The summed E-state index contributed by atoms with van der Waals surface area (Å²) in [6.07, 6.45) is 2.17. The van der Waals surface area contributed by atoms with Gasteiger partial charge in [0.1, 0.15) is 23.4 Å². The number of benzene rings is 1. The number of furan rings is 1. The third-order valence-corrected chi connectivity index (χ3v) is 3.80. The topological polar surface area (TPSA) is 55.0 Å². The van der Waals surface area contributed by atoms with Crippen LogP contribution < -0.4 is 4.74 Å². The van der Waals surface area contributed by atoms with Gasteiger partial charge in [-0.15, -0.1) is 11.6 Å². The molecule has 1 atom stereocenters. The molecular weight excluding hydrogens is 304 g/mol. The van der Waals surface area contributed by atoms with E-state index >= 15 is 0 Å². The lowest BCUT2D eigenvalue weighted by molar-refractivity contribution is -0.130. The van der Waals surface area contributed by atoms with Gasteiger partial charge in [-0.2, -0.15) is 5.10 Å². The fourth-order valence-electron chi connectivity index (χ4n) is 2.46. The SMILES string of the molecule is COc1ccc(C2=NN(C(=O)CCl)[C@H](c3ccco3)C2)cc1. The van der Waals surface area contributed by atoms with Crippen molar-refractivity contribution >= 4 is 23.2 Å². The summed E-state index contributed by atoms with van der Waals surface area (Å²) in [5, 5.41) is 5.85. The van der Waals surface area contributed by atoms with Gasteiger partial charge in [0.15, 0.2) is 0 Å². The number of amides is 1. The first kappa shape index (κ1) is 14.7. The van der Waals surface area contributed by atoms with Crippen LogP contribution in [0.4, 0.5) is 0 Å². The minimum Gasteiger partial charge on any atom is -0.497 e. The van der Waals surface area contributed by atoms with Crippen LogP contribution in [0.2, 0.25) is 0 Å². The molecule has 0 saturated heterocycles. The van der Waals surface area contributed by atoms with Gasteiger partial charge in [-0.25, -0.2) is 5.01 Å². The Morgan fingerprint density at radius 2 is 2.18 bits per heavy atom. The third-order valence-electron chi connectivity index (χ3n) is 3.58. The van der Waals surface area contributed by atoms with Gasteiger partial charge in [-0.1, -0.05) is 0 Å². The maximum absolute atomic E-state index is 12.0. The van der Waals surface area contributed by atoms with Crippen molar-refractivity contribution in [1.82, 2.24) is 5.01 Å². The van der Waals surface area contributed by atoms with Crippen molar-refractivity contribution < 1.29 is 13.9 Å². The van der Waals surface area contributed by atoms with Gasteiger partial charge in [0.25, 0.3) is 5.91 Å². The second-order valence-electron chi connectivity index (χ2n) is 4.88. The van der Waals surface area contributed by atoms with E-state index in [1.165, 1.54) is 5.01 Å². The highest BCUT2D eigenvalue weighted by molar-refractivity contribution is 6.27. The van der Waals surface area contributed by atoms with Crippen LogP contribution in [0, 0.1) is 0 Å². The Hall–Kier alpha value is -2.27. The number of hydrogen-bond donors (Lipinski definition) is 0. The molecule has 0 radical (unpaired) electrons. The molecule has 1 aromatic carbocycles. The number of carbonyl (C=O) groups excluding carboxylic acids is 1. The Morgan fingerprint density at radius 3 is 2.77 bits per heavy atom. The van der Waals surface area contributed by atoms with Gasteiger partial charge in [0.2, 0.25) is 0 Å². The average Bonchev–Trinajstić information content (AvgIpc) is 3.23. The molecular formula is C16H15ClN2O3. The molecule has 6 heteroatoms. The van der Waals surface area contributed by atoms with E-state index in [1.807, 2.05) is 30.3 Å². The lowest BCUT2D eigenvalue weighted by atomic mass is 10.0. The van der Waals surface area contributed by atoms with Crippen molar-refractivity contribution in [1.29, 1.82) is 0 Å². The summed E-state index contributed by atoms with van der Waals surface area (Å²) in [5.41, 5.74) is 1.77. The van der Waals surface area contributed by atoms with Gasteiger partial charge in [0.05, 0.1) is 19.1 Å². The van der Waals surface area contributed by atoms with E-state index in [2.05, 4.69) is 5.10 Å². The number of nitrogens with zero attached hydrogens (tertiary/aromatic N) is 2. The first-order chi connectivity index (χ1) is 10.7. The number of hydrazone groups is 1. The average molecular weight is 319 g/mol. The van der Waals surface area contributed by atoms with Gasteiger partial charge >= 0.3 is 0 Å². The van der Waals surface area contributed by atoms with Gasteiger partial charge in [-0.05, 0) is 42.0 Å². The first-order valence-electron chi connectivity index (χ1n) is 6.86. The molecule has 5 nitrogen and oxygen atoms in total. The quantitative estimate of drug-likeness (QED) is 0.813. The summed E-state index contributed by atoms with van der Waals surface area (Å²) in [7, 11) is 1.62. The summed E-state index contributed by atoms with van der Waals surface area (Å²) in [6.45, 7) is 0. The van der Waals surface area contributed by atoms with Crippen molar-refractivity contribution in [3.63, 3.8) is 0 Å². The summed E-state index contributed by atoms with van der Waals surface area (Å²) in [6, 6.07) is 11.0. The van der Waals surface area contributed by atoms with Crippen molar-refractivity contribution in [2.24, 2.45) is 5.10 Å². The number of ether oxygens (including phenoxy) is 1. The molecule has 3 rings (SSSR count). The van der Waals surface area contributed by atoms with Crippen LogP contribution in [-0.2, 0) is 4.79 Å². The van der Waals surface area contributed by atoms with Crippen molar-refractivity contribution in [2.45, 2.75) is 12.5 Å². The van der Waals surface area contributed by atoms with Crippen molar-refractivity contribution in [2.75, 3.05) is 13.0 Å². The van der Waals surface area contributed by atoms with E-state index < -0.39 is 0 Å². The Morgan fingerprint density at radius 1 is 1.41 bits per heavy atom. The van der Waals surface area contributed by atoms with Crippen LogP contribution in [0.3, 0.4) is 0 Å². The van der Waals surface area contributed by atoms with Crippen LogP contribution in [0.1, 0.15) is 23.8 Å². The summed E-state index contributed by atoms with van der Waals surface area (Å²) in [5.74, 6) is 1.12. The van der Waals surface area contributed by atoms with E-state index in [-0.39, 0.29) is 17.8 Å². The highest BCUT2D eigenvalue weighted by Crippen LogP contribution is 2.33. The van der Waals surface area contributed by atoms with E-state index in [9.17, 15) is 4.79 Å². The van der Waals surface area contributed by atoms with Crippen LogP contribution >= 0.6 is 11.6 Å². The summed E-state index contributed by atoms with van der Waals surface area (Å²) >= 11 is 5.68. The van der Waals surface area contributed by atoms with Crippen molar-refractivity contribution in [3.8, 4) is 5.75 Å². The summed E-state index contributed by atoms with van der Waals surface area (Å²) in [4.78, 5) is 12.0. The lowest BCUT2D eigenvalue weighted by Crippen LogP contribution is -2.27. The minimum absolute atomic E-state index is 0.114. The Kier molecular flexibility index (Phi) is 4.15. The zero-order valence-corrected chi connectivity index (χ0v) is 12.8. The Bertz CT molecular complexity index is 680. The maximum atomic E-state index is 12.0. The molecule has 1 aliphatic rings. The molecule has 0 spiro atoms. The molecule has 2 heterocycles. The molecule has 0 saturated carbocycles. The fourth-order valence-corrected chi connectivity index (χ4v) is 2.58. The Labute approximate surface area is 133 Å². The van der Waals surface area contributed by atoms with E-state index in [4.69, 9.17) is 20.8 Å². The number of hydrogen-bond acceptors (Lipinski definition) is 4. The zero-order chi connectivity index (χ0) is 15.5. The van der Waals surface area contributed by atoms with E-state index in [0.29, 0.717) is 12.2 Å². The maximum Gasteiger partial charge on any atom is 0.258 e. The second-order valence-corrected chi connectivity index (χ2v) is 5.15. The van der Waals surface area contributed by atoms with Gasteiger partial charge in [0, 0.05) is 6.42 Å². The molecule has 2 aromatic rings. The predicted molar refractivity (Wildman–Crippen MR) is 83.2 cm³/mol. The Balaban J connectivity index is 1.90. The number of methoxy groups -OCH3 is 1. The van der Waals surface area contributed by atoms with Crippen LogP contribution in [0.15, 0.2) is 52.2 Å². The third kappa shape index (κ3) is 2.72. The van der Waals surface area contributed by atoms with Gasteiger partial charge < -0.3 is 9.15 Å². The van der Waals surface area contributed by atoms with Crippen LogP contribution in [-0.4, -0.2) is 29.6 Å². The molecule has 0 aliphatic carbocycles. The first-order valence-corrected chi connectivity index (χ1v) is 7.39. The molecule has 0 N–H and O–H groups in total. The molecule has 0 bridgehead atoms. The van der Waals surface area contributed by atoms with Crippen LogP contribution in [0.25, 0.3) is 0 Å². The predicted octanol–water partition coefficient (Wildman–Crippen LogP) is 3.20. The molecule has 1 aromatic heterocycles. The molecule has 114 valence electrons. The highest BCUT2D eigenvalue weighted by Gasteiger charge is 2.34. The largest absolute Gasteiger partial charge is 0.497 e. The zero-order valence-electron chi connectivity index (χ0n) is 12.0. The summed E-state index contributed by atoms with van der Waals surface area (Å²) < 4.78 is 10.6. The molecule has 22 heavy (non-hydrogen) atoms. The number of carbonyl (C=O) groups is 1. The monoisotopic (exact) mass is 318 g/mol. The molecule has 1 amide bonds.